The molecule has 0 saturated carbocycles. The Morgan fingerprint density at radius 3 is 0.733 bits per heavy atom. The highest BCUT2D eigenvalue weighted by Gasteiger charge is 2.45. The van der Waals surface area contributed by atoms with Gasteiger partial charge in [-0.25, -0.2) is 0 Å². The van der Waals surface area contributed by atoms with Crippen LogP contribution >= 0.6 is 10.3 Å². The van der Waals surface area contributed by atoms with Crippen LogP contribution in [0, 0.1) is 0 Å². The predicted molar refractivity (Wildman–Crippen MR) is 266 cm³/mol. The topological polar surface area (TPSA) is 26.3 Å². The highest BCUT2D eigenvalue weighted by molar-refractivity contribution is 8.30. The molecule has 0 unspecified atom stereocenters. The monoisotopic (exact) mass is 841 g/mol. The Morgan fingerprint density at radius 2 is 0.550 bits per heavy atom. The maximum absolute atomic E-state index is 14.9. The van der Waals surface area contributed by atoms with Crippen LogP contribution in [0.1, 0.15) is 241 Å². The molecule has 60 heavy (non-hydrogen) atoms. The van der Waals surface area contributed by atoms with E-state index >= 15 is 0 Å². The summed E-state index contributed by atoms with van der Waals surface area (Å²) in [6, 6.07) is 15.7. The van der Waals surface area contributed by atoms with Crippen molar-refractivity contribution in [3.8, 4) is 0 Å². The van der Waals surface area contributed by atoms with Crippen molar-refractivity contribution in [3.63, 3.8) is 0 Å². The number of hydrogen-bond donors (Lipinski definition) is 0. The summed E-state index contributed by atoms with van der Waals surface area (Å²) in [6.07, 6.45) is 30.7. The second-order valence-electron chi connectivity index (χ2n) is 18.0. The summed E-state index contributed by atoms with van der Waals surface area (Å²) in [5, 5.41) is 0. The molecule has 338 valence electrons. The lowest BCUT2D eigenvalue weighted by molar-refractivity contribution is -0.133. The molecule has 0 heterocycles. The van der Waals surface area contributed by atoms with E-state index in [1.807, 2.05) is 6.92 Å². The van der Waals surface area contributed by atoms with E-state index in [2.05, 4.69) is 98.7 Å². The third-order valence-electron chi connectivity index (χ3n) is 12.5. The third-order valence-corrected chi connectivity index (χ3v) is 16.3. The van der Waals surface area contributed by atoms with E-state index in [0.29, 0.717) is 6.42 Å². The van der Waals surface area contributed by atoms with Gasteiger partial charge in [-0.2, -0.15) is 0 Å². The van der Waals surface area contributed by atoms with Crippen LogP contribution in [0.4, 0.5) is 0 Å². The van der Waals surface area contributed by atoms with Crippen molar-refractivity contribution in [2.45, 2.75) is 264 Å². The Morgan fingerprint density at radius 1 is 0.350 bits per heavy atom. The molecule has 0 atom stereocenters. The second kappa shape index (κ2) is 29.0. The molecule has 0 aliphatic carbocycles. The Balaban J connectivity index is 2.94. The molecule has 3 aromatic carbocycles. The van der Waals surface area contributed by atoms with Crippen molar-refractivity contribution in [1.29, 1.82) is 0 Å². The molecule has 0 saturated heterocycles. The molecule has 3 rings (SSSR count). The maximum atomic E-state index is 14.9. The Bertz CT molecular complexity index is 1410. The average Bonchev–Trinajstić information content (AvgIpc) is 3.26. The predicted octanol–water partition coefficient (Wildman–Crippen LogP) is 17.9. The van der Waals surface area contributed by atoms with Gasteiger partial charge in [-0.3, -0.25) is 4.79 Å². The largest absolute Gasteiger partial charge is 0.402 e. The molecule has 0 aromatic heterocycles. The summed E-state index contributed by atoms with van der Waals surface area (Å²) in [7, 11) is -2.57. The molecule has 0 N–H and O–H groups in total. The van der Waals surface area contributed by atoms with Crippen molar-refractivity contribution in [2.75, 3.05) is 0 Å². The Labute approximate surface area is 373 Å². The zero-order valence-corrected chi connectivity index (χ0v) is 41.8. The van der Waals surface area contributed by atoms with Gasteiger partial charge in [-0.1, -0.05) is 163 Å². The highest BCUT2D eigenvalue weighted by Crippen LogP contribution is 2.75. The first-order valence-electron chi connectivity index (χ1n) is 25.8. The lowest BCUT2D eigenvalue weighted by Gasteiger charge is -2.47. The SMILES string of the molecule is CCCCc1cc(CCCC)c(S(OC(=O)CC)(c2c(CCCC)cc(CCCC)cc2CCCC)c2c(CCCC)cc(CCCC)cc2CCCC)c(CCCC)c1. The lowest BCUT2D eigenvalue weighted by atomic mass is 9.95. The number of carbonyl (C=O) groups is 1. The fourth-order valence-electron chi connectivity index (χ4n) is 9.11. The van der Waals surface area contributed by atoms with Gasteiger partial charge < -0.3 is 4.18 Å². The smallest absolute Gasteiger partial charge is 0.316 e. The van der Waals surface area contributed by atoms with Crippen LogP contribution in [-0.4, -0.2) is 5.97 Å². The first-order valence-corrected chi connectivity index (χ1v) is 27.3. The van der Waals surface area contributed by atoms with Crippen molar-refractivity contribution in [2.24, 2.45) is 0 Å². The van der Waals surface area contributed by atoms with Crippen LogP contribution in [0.25, 0.3) is 0 Å². The molecular formula is C57H92O2S. The molecule has 0 bridgehead atoms. The van der Waals surface area contributed by atoms with Gasteiger partial charge in [0.2, 0.25) is 0 Å². The van der Waals surface area contributed by atoms with E-state index in [0.717, 1.165) is 135 Å². The van der Waals surface area contributed by atoms with E-state index in [1.165, 1.54) is 103 Å². The summed E-state index contributed by atoms with van der Waals surface area (Å²) < 4.78 is 7.88. The molecule has 0 aliphatic heterocycles. The number of carbonyl (C=O) groups excluding carboxylic acids is 1. The zero-order chi connectivity index (χ0) is 43.8. The van der Waals surface area contributed by atoms with Gasteiger partial charge in [0.25, 0.3) is 0 Å². The number of aryl methyl sites for hydroxylation is 9. The van der Waals surface area contributed by atoms with Crippen molar-refractivity contribution in [3.05, 3.63) is 86.5 Å². The molecular weight excluding hydrogens is 749 g/mol. The maximum Gasteiger partial charge on any atom is 0.316 e. The molecule has 0 radical (unpaired) electrons. The first kappa shape index (κ1) is 51.8. The molecule has 3 heteroatoms. The summed E-state index contributed by atoms with van der Waals surface area (Å²) in [5.74, 6) is -0.0428. The standard InChI is InChI=1S/C57H92O2S/c1-11-21-30-45-39-48(33-24-14-4)55(49(40-45)34-25-15-5)60(59-54(58)20-10,56-50(35-26-16-6)41-46(31-22-12-2)42-51(56)36-27-17-7)57-52(37-28-18-8)43-47(32-23-13-3)44-53(57)38-29-19-9/h39-44H,11-38H2,1-10H3. The Hall–Kier alpha value is -2.52. The van der Waals surface area contributed by atoms with Gasteiger partial charge in [-0.15, -0.1) is 0 Å². The van der Waals surface area contributed by atoms with Crippen molar-refractivity contribution in [1.82, 2.24) is 0 Å². The summed E-state index contributed by atoms with van der Waals surface area (Å²) >= 11 is 0. The van der Waals surface area contributed by atoms with E-state index in [9.17, 15) is 4.79 Å². The van der Waals surface area contributed by atoms with E-state index in [4.69, 9.17) is 4.18 Å². The summed E-state index contributed by atoms with van der Waals surface area (Å²) in [6.45, 7) is 23.1. The number of unbranched alkanes of at least 4 members (excludes halogenated alkanes) is 9. The first-order chi connectivity index (χ1) is 29.3. The van der Waals surface area contributed by atoms with Crippen LogP contribution < -0.4 is 0 Å². The fourth-order valence-corrected chi connectivity index (χ4v) is 13.6. The fraction of sp³-hybridized carbons (Fsp3) is 0.667. The minimum atomic E-state index is -2.57. The van der Waals surface area contributed by atoms with Crippen LogP contribution in [0.5, 0.6) is 0 Å². The van der Waals surface area contributed by atoms with Crippen LogP contribution in [0.2, 0.25) is 0 Å². The number of hydrogen-bond acceptors (Lipinski definition) is 2. The summed E-state index contributed by atoms with van der Waals surface area (Å²) in [5.41, 5.74) is 13.2. The molecule has 0 aliphatic rings. The normalized spacial score (nSPS) is 12.0. The summed E-state index contributed by atoms with van der Waals surface area (Å²) in [4.78, 5) is 19.2. The van der Waals surface area contributed by atoms with Gasteiger partial charge in [0, 0.05) is 21.1 Å². The molecule has 3 aromatic rings. The Kier molecular flexibility index (Phi) is 25.0. The quantitative estimate of drug-likeness (QED) is 0.0626. The van der Waals surface area contributed by atoms with Crippen molar-refractivity contribution >= 4 is 16.3 Å². The molecule has 2 nitrogen and oxygen atoms in total. The van der Waals surface area contributed by atoms with E-state index < -0.39 is 10.3 Å². The van der Waals surface area contributed by atoms with Gasteiger partial charge >= 0.3 is 5.97 Å². The van der Waals surface area contributed by atoms with Crippen LogP contribution in [0.3, 0.4) is 0 Å². The molecule has 0 spiro atoms. The van der Waals surface area contributed by atoms with Crippen LogP contribution in [-0.2, 0) is 66.8 Å². The molecule has 0 amide bonds. The minimum Gasteiger partial charge on any atom is -0.402 e. The zero-order valence-electron chi connectivity index (χ0n) is 41.0. The number of benzene rings is 3. The van der Waals surface area contributed by atoms with Gasteiger partial charge in [0.1, 0.15) is 0 Å². The number of rotatable bonds is 32. The van der Waals surface area contributed by atoms with E-state index in [-0.39, 0.29) is 5.97 Å². The van der Waals surface area contributed by atoms with E-state index in [1.54, 1.807) is 0 Å². The van der Waals surface area contributed by atoms with Crippen molar-refractivity contribution < 1.29 is 8.98 Å². The van der Waals surface area contributed by atoms with Gasteiger partial charge in [0.15, 0.2) is 0 Å². The second-order valence-corrected chi connectivity index (χ2v) is 20.5. The lowest BCUT2D eigenvalue weighted by Crippen LogP contribution is -2.22. The molecule has 0 fully saturated rings. The van der Waals surface area contributed by atoms with Crippen LogP contribution in [0.15, 0.2) is 51.1 Å². The average molecular weight is 841 g/mol. The van der Waals surface area contributed by atoms with Gasteiger partial charge in [0.05, 0.1) is 0 Å². The third kappa shape index (κ3) is 14.5. The highest BCUT2D eigenvalue weighted by atomic mass is 32.3. The van der Waals surface area contributed by atoms with Gasteiger partial charge in [-0.05, 0) is 176 Å². The minimum absolute atomic E-state index is 0.0428.